The van der Waals surface area contributed by atoms with Crippen LogP contribution in [-0.4, -0.2) is 30.9 Å². The Morgan fingerprint density at radius 2 is 2.12 bits per heavy atom. The van der Waals surface area contributed by atoms with Gasteiger partial charge in [-0.25, -0.2) is 0 Å². The zero-order chi connectivity index (χ0) is 12.2. The highest BCUT2D eigenvalue weighted by Gasteiger charge is 2.27. The molecular weight excluding hydrogens is 206 g/mol. The van der Waals surface area contributed by atoms with Crippen molar-refractivity contribution in [1.82, 2.24) is 10.6 Å². The van der Waals surface area contributed by atoms with E-state index in [1.165, 1.54) is 0 Å². The second-order valence-electron chi connectivity index (χ2n) is 4.97. The fourth-order valence-electron chi connectivity index (χ4n) is 1.59. The zero-order valence-corrected chi connectivity index (χ0v) is 10.0. The molecule has 0 aromatic rings. The lowest BCUT2D eigenvalue weighted by atomic mass is 9.92. The van der Waals surface area contributed by atoms with E-state index >= 15 is 0 Å². The normalized spacial score (nSPS) is 21.5. The number of hydrogen-bond acceptors (Lipinski definition) is 3. The van der Waals surface area contributed by atoms with Crippen LogP contribution in [-0.2, 0) is 9.59 Å². The van der Waals surface area contributed by atoms with Crippen molar-refractivity contribution in [2.45, 2.75) is 39.2 Å². The predicted molar refractivity (Wildman–Crippen MR) is 61.6 cm³/mol. The fraction of sp³-hybridized carbons (Fsp3) is 0.818. The van der Waals surface area contributed by atoms with Crippen LogP contribution in [0, 0.1) is 5.41 Å². The minimum atomic E-state index is -0.690. The van der Waals surface area contributed by atoms with Crippen molar-refractivity contribution in [3.63, 3.8) is 0 Å². The molecule has 0 aromatic carbocycles. The molecule has 0 aromatic heterocycles. The van der Waals surface area contributed by atoms with Crippen molar-refractivity contribution in [3.8, 4) is 0 Å². The SMILES string of the molecule is CC(C)(CNC(=O)C1CCCCN1)C(N)=O. The number of amides is 2. The van der Waals surface area contributed by atoms with Gasteiger partial charge < -0.3 is 16.4 Å². The Morgan fingerprint density at radius 3 is 2.62 bits per heavy atom. The average molecular weight is 227 g/mol. The van der Waals surface area contributed by atoms with Crippen molar-refractivity contribution in [1.29, 1.82) is 0 Å². The number of primary amides is 1. The van der Waals surface area contributed by atoms with E-state index in [4.69, 9.17) is 5.73 Å². The lowest BCUT2D eigenvalue weighted by Gasteiger charge is -2.25. The molecule has 1 aliphatic heterocycles. The highest BCUT2D eigenvalue weighted by atomic mass is 16.2. The van der Waals surface area contributed by atoms with Crippen LogP contribution >= 0.6 is 0 Å². The third kappa shape index (κ3) is 3.48. The standard InChI is InChI=1S/C11H21N3O2/c1-11(2,10(12)16)7-14-9(15)8-5-3-4-6-13-8/h8,13H,3-7H2,1-2H3,(H2,12,16)(H,14,15). The number of hydrogen-bond donors (Lipinski definition) is 3. The molecule has 1 rings (SSSR count). The van der Waals surface area contributed by atoms with Crippen molar-refractivity contribution in [2.75, 3.05) is 13.1 Å². The van der Waals surface area contributed by atoms with Gasteiger partial charge in [-0.3, -0.25) is 9.59 Å². The maximum atomic E-state index is 11.7. The molecule has 0 bridgehead atoms. The molecule has 1 fully saturated rings. The predicted octanol–water partition coefficient (Wildman–Crippen LogP) is -0.244. The van der Waals surface area contributed by atoms with Crippen LogP contribution in [0.3, 0.4) is 0 Å². The van der Waals surface area contributed by atoms with Gasteiger partial charge in [-0.2, -0.15) is 0 Å². The van der Waals surface area contributed by atoms with Crippen LogP contribution in [0.4, 0.5) is 0 Å². The minimum Gasteiger partial charge on any atom is -0.369 e. The quantitative estimate of drug-likeness (QED) is 0.619. The van der Waals surface area contributed by atoms with Gasteiger partial charge in [0, 0.05) is 6.54 Å². The van der Waals surface area contributed by atoms with Gasteiger partial charge in [-0.15, -0.1) is 0 Å². The topological polar surface area (TPSA) is 84.2 Å². The largest absolute Gasteiger partial charge is 0.369 e. The summed E-state index contributed by atoms with van der Waals surface area (Å²) >= 11 is 0. The highest BCUT2D eigenvalue weighted by Crippen LogP contribution is 2.12. The molecule has 1 aliphatic rings. The van der Waals surface area contributed by atoms with Crippen molar-refractivity contribution in [2.24, 2.45) is 11.1 Å². The van der Waals surface area contributed by atoms with Crippen LogP contribution in [0.1, 0.15) is 33.1 Å². The maximum Gasteiger partial charge on any atom is 0.237 e. The van der Waals surface area contributed by atoms with E-state index in [9.17, 15) is 9.59 Å². The second-order valence-corrected chi connectivity index (χ2v) is 4.97. The monoisotopic (exact) mass is 227 g/mol. The molecule has 1 heterocycles. The molecule has 5 heteroatoms. The summed E-state index contributed by atoms with van der Waals surface area (Å²) in [5.41, 5.74) is 4.54. The van der Waals surface area contributed by atoms with Gasteiger partial charge in [0.15, 0.2) is 0 Å². The summed E-state index contributed by atoms with van der Waals surface area (Å²) < 4.78 is 0. The molecular formula is C11H21N3O2. The Bertz CT molecular complexity index is 270. The van der Waals surface area contributed by atoms with E-state index in [0.29, 0.717) is 6.54 Å². The van der Waals surface area contributed by atoms with Crippen molar-refractivity contribution >= 4 is 11.8 Å². The summed E-state index contributed by atoms with van der Waals surface area (Å²) in [5.74, 6) is -0.432. The summed E-state index contributed by atoms with van der Waals surface area (Å²) in [7, 11) is 0. The van der Waals surface area contributed by atoms with E-state index in [1.807, 2.05) is 0 Å². The van der Waals surface area contributed by atoms with E-state index in [-0.39, 0.29) is 11.9 Å². The fourth-order valence-corrected chi connectivity index (χ4v) is 1.59. The highest BCUT2D eigenvalue weighted by molar-refractivity contribution is 5.84. The summed E-state index contributed by atoms with van der Waals surface area (Å²) in [6.45, 7) is 4.63. The smallest absolute Gasteiger partial charge is 0.237 e. The van der Waals surface area contributed by atoms with Crippen LogP contribution < -0.4 is 16.4 Å². The Kier molecular flexibility index (Phi) is 4.29. The summed E-state index contributed by atoms with van der Waals surface area (Å²) in [6.07, 6.45) is 3.06. The molecule has 16 heavy (non-hydrogen) atoms. The minimum absolute atomic E-state index is 0.0333. The molecule has 0 spiro atoms. The first kappa shape index (κ1) is 13.0. The van der Waals surface area contributed by atoms with E-state index < -0.39 is 11.3 Å². The molecule has 0 radical (unpaired) electrons. The number of nitrogens with one attached hydrogen (secondary N) is 2. The van der Waals surface area contributed by atoms with Crippen molar-refractivity contribution in [3.05, 3.63) is 0 Å². The molecule has 0 aliphatic carbocycles. The summed E-state index contributed by atoms with van der Waals surface area (Å²) in [4.78, 5) is 22.8. The number of carbonyl (C=O) groups is 2. The third-order valence-electron chi connectivity index (χ3n) is 3.00. The van der Waals surface area contributed by atoms with Gasteiger partial charge in [0.05, 0.1) is 11.5 Å². The second kappa shape index (κ2) is 5.30. The van der Waals surface area contributed by atoms with Crippen molar-refractivity contribution < 1.29 is 9.59 Å². The summed E-state index contributed by atoms with van der Waals surface area (Å²) in [6, 6.07) is -0.113. The van der Waals surface area contributed by atoms with Crippen LogP contribution in [0.25, 0.3) is 0 Å². The van der Waals surface area contributed by atoms with Crippen LogP contribution in [0.5, 0.6) is 0 Å². The Balaban J connectivity index is 2.37. The van der Waals surface area contributed by atoms with Gasteiger partial charge in [-0.05, 0) is 33.2 Å². The molecule has 1 unspecified atom stereocenters. The third-order valence-corrected chi connectivity index (χ3v) is 3.00. The van der Waals surface area contributed by atoms with Gasteiger partial charge in [0.2, 0.25) is 11.8 Å². The van der Waals surface area contributed by atoms with Gasteiger partial charge >= 0.3 is 0 Å². The number of rotatable bonds is 4. The lowest BCUT2D eigenvalue weighted by molar-refractivity contribution is -0.127. The molecule has 2 amide bonds. The zero-order valence-electron chi connectivity index (χ0n) is 10.0. The van der Waals surface area contributed by atoms with Gasteiger partial charge in [-0.1, -0.05) is 6.42 Å². The van der Waals surface area contributed by atoms with Gasteiger partial charge in [0.1, 0.15) is 0 Å². The molecule has 1 atom stereocenters. The first-order valence-corrected chi connectivity index (χ1v) is 5.74. The Morgan fingerprint density at radius 1 is 1.44 bits per heavy atom. The average Bonchev–Trinajstić information content (AvgIpc) is 2.27. The maximum absolute atomic E-state index is 11.7. The number of carbonyl (C=O) groups excluding carboxylic acids is 2. The number of nitrogens with two attached hydrogens (primary N) is 1. The summed E-state index contributed by atoms with van der Waals surface area (Å²) in [5, 5.41) is 5.93. The van der Waals surface area contributed by atoms with Crippen LogP contribution in [0.15, 0.2) is 0 Å². The van der Waals surface area contributed by atoms with E-state index in [2.05, 4.69) is 10.6 Å². The first-order chi connectivity index (χ1) is 7.43. The molecule has 1 saturated heterocycles. The van der Waals surface area contributed by atoms with Gasteiger partial charge in [0.25, 0.3) is 0 Å². The lowest BCUT2D eigenvalue weighted by Crippen LogP contribution is -2.50. The van der Waals surface area contributed by atoms with E-state index in [1.54, 1.807) is 13.8 Å². The molecule has 4 N–H and O–H groups in total. The number of piperidine rings is 1. The Labute approximate surface area is 96.1 Å². The Hall–Kier alpha value is -1.10. The van der Waals surface area contributed by atoms with Crippen LogP contribution in [0.2, 0.25) is 0 Å². The van der Waals surface area contributed by atoms with E-state index in [0.717, 1.165) is 25.8 Å². The molecule has 92 valence electrons. The first-order valence-electron chi connectivity index (χ1n) is 5.74. The molecule has 0 saturated carbocycles. The molecule has 5 nitrogen and oxygen atoms in total.